The van der Waals surface area contributed by atoms with Crippen LogP contribution in [0.1, 0.15) is 15.9 Å². The molecule has 2 aliphatic rings. The van der Waals surface area contributed by atoms with E-state index in [0.717, 1.165) is 12.1 Å². The van der Waals surface area contributed by atoms with Crippen LogP contribution in [0.15, 0.2) is 54.2 Å². The summed E-state index contributed by atoms with van der Waals surface area (Å²) in [6.07, 6.45) is -4.17. The van der Waals surface area contributed by atoms with Crippen molar-refractivity contribution in [2.24, 2.45) is 0 Å². The van der Waals surface area contributed by atoms with Crippen LogP contribution in [0.2, 0.25) is 0 Å². The molecule has 3 heterocycles. The van der Waals surface area contributed by atoms with Gasteiger partial charge in [-0.2, -0.15) is 15.4 Å². The maximum Gasteiger partial charge on any atom is 0.573 e. The van der Waals surface area contributed by atoms with E-state index in [9.17, 15) is 22.8 Å². The van der Waals surface area contributed by atoms with Gasteiger partial charge in [0, 0.05) is 17.3 Å². The van der Waals surface area contributed by atoms with Crippen LogP contribution in [0.4, 0.5) is 22.4 Å². The van der Waals surface area contributed by atoms with E-state index in [1.807, 2.05) is 0 Å². The van der Waals surface area contributed by atoms with E-state index in [1.165, 1.54) is 28.1 Å². The molecule has 2 amide bonds. The van der Waals surface area contributed by atoms with E-state index in [1.54, 1.807) is 18.2 Å². The molecule has 182 valence electrons. The smallest absolute Gasteiger partial charge is 0.445 e. The molecule has 1 N–H and O–H groups in total. The summed E-state index contributed by atoms with van der Waals surface area (Å²) in [4.78, 5) is 27.7. The maximum absolute atomic E-state index is 15.5. The summed E-state index contributed by atoms with van der Waals surface area (Å²) < 4.78 is 61.2. The van der Waals surface area contributed by atoms with Crippen LogP contribution in [0.25, 0.3) is 11.0 Å². The largest absolute Gasteiger partial charge is 0.573 e. The van der Waals surface area contributed by atoms with Crippen molar-refractivity contribution >= 4 is 23.0 Å². The zero-order chi connectivity index (χ0) is 24.8. The molecule has 3 aromatic rings. The lowest BCUT2D eigenvalue weighted by Crippen LogP contribution is -2.40. The maximum atomic E-state index is 15.5. The quantitative estimate of drug-likeness (QED) is 0.561. The average Bonchev–Trinajstić information content (AvgIpc) is 3.48. The highest BCUT2D eigenvalue weighted by Crippen LogP contribution is 2.38. The van der Waals surface area contributed by atoms with Crippen LogP contribution in [-0.4, -0.2) is 68.9 Å². The number of benzene rings is 2. The van der Waals surface area contributed by atoms with Gasteiger partial charge in [-0.1, -0.05) is 12.1 Å². The number of H-pyrrole nitrogens is 1. The number of rotatable bonds is 4. The van der Waals surface area contributed by atoms with Crippen LogP contribution in [0.3, 0.4) is 0 Å². The Kier molecular flexibility index (Phi) is 5.33. The van der Waals surface area contributed by atoms with E-state index in [-0.39, 0.29) is 31.8 Å². The lowest BCUT2D eigenvalue weighted by molar-refractivity contribution is -0.274. The lowest BCUT2D eigenvalue weighted by atomic mass is 10.0. The summed E-state index contributed by atoms with van der Waals surface area (Å²) in [5.74, 6) is -0.799. The van der Waals surface area contributed by atoms with Crippen molar-refractivity contribution in [3.63, 3.8) is 0 Å². The van der Waals surface area contributed by atoms with Crippen molar-refractivity contribution < 1.29 is 36.6 Å². The first-order chi connectivity index (χ1) is 16.6. The molecule has 35 heavy (non-hydrogen) atoms. The highest BCUT2D eigenvalue weighted by Gasteiger charge is 2.51. The molecular weight excluding hydrogens is 474 g/mol. The van der Waals surface area contributed by atoms with Crippen molar-refractivity contribution in [1.82, 2.24) is 25.2 Å². The van der Waals surface area contributed by atoms with Crippen molar-refractivity contribution in [2.75, 3.05) is 19.6 Å². The summed E-state index contributed by atoms with van der Waals surface area (Å²) in [5, 5.41) is 10.3. The highest BCUT2D eigenvalue weighted by atomic mass is 19.4. The zero-order valence-electron chi connectivity index (χ0n) is 17.9. The molecule has 0 bridgehead atoms. The Morgan fingerprint density at radius 3 is 2.51 bits per heavy atom. The fraction of sp³-hybridized carbons (Fsp3) is 0.273. The van der Waals surface area contributed by atoms with Crippen LogP contribution < -0.4 is 4.74 Å². The van der Waals surface area contributed by atoms with Gasteiger partial charge in [-0.05, 0) is 35.9 Å². The predicted octanol–water partition coefficient (Wildman–Crippen LogP) is 3.56. The fourth-order valence-corrected chi connectivity index (χ4v) is 4.04. The minimum absolute atomic E-state index is 0.0558. The molecule has 1 fully saturated rings. The van der Waals surface area contributed by atoms with Gasteiger partial charge in [0.05, 0.1) is 19.6 Å². The second kappa shape index (κ2) is 8.25. The topological polar surface area (TPSA) is 101 Å². The molecule has 0 spiro atoms. The Balaban J connectivity index is 1.18. The highest BCUT2D eigenvalue weighted by molar-refractivity contribution is 5.98. The number of nitrogens with zero attached hydrogens (tertiary/aromatic N) is 4. The van der Waals surface area contributed by atoms with E-state index < -0.39 is 29.8 Å². The number of halogens is 4. The van der Waals surface area contributed by atoms with Crippen molar-refractivity contribution in [3.05, 3.63) is 65.4 Å². The standard InChI is InChI=1S/C22H17F4N5O4/c23-21-11-30(19(32)14-3-6-17-18(7-14)28-29-27-17)8-15(21)9-31(12-21)20(33)34-10-13-1-4-16(5-2-13)35-22(24,25)26/h1-8H,9-12H2,(H,27,28,29). The monoisotopic (exact) mass is 491 g/mol. The van der Waals surface area contributed by atoms with Gasteiger partial charge in [-0.15, -0.1) is 13.2 Å². The Labute approximate surface area is 194 Å². The van der Waals surface area contributed by atoms with E-state index in [0.29, 0.717) is 22.2 Å². The van der Waals surface area contributed by atoms with Gasteiger partial charge >= 0.3 is 12.5 Å². The lowest BCUT2D eigenvalue weighted by Gasteiger charge is -2.22. The predicted molar refractivity (Wildman–Crippen MR) is 112 cm³/mol. The SMILES string of the molecule is O=C(c1ccc2n[nH]nc2c1)N1C=C2CN(C(=O)OCc3ccc(OC(F)(F)F)cc3)CC2(F)C1. The van der Waals surface area contributed by atoms with Gasteiger partial charge in [0.15, 0.2) is 5.67 Å². The number of alkyl halides is 4. The molecule has 1 atom stereocenters. The zero-order valence-corrected chi connectivity index (χ0v) is 17.9. The van der Waals surface area contributed by atoms with Gasteiger partial charge in [0.25, 0.3) is 5.91 Å². The molecule has 5 rings (SSSR count). The third-order valence-electron chi connectivity index (χ3n) is 5.71. The summed E-state index contributed by atoms with van der Waals surface area (Å²) >= 11 is 0. The average molecular weight is 491 g/mol. The van der Waals surface area contributed by atoms with E-state index in [4.69, 9.17) is 4.74 Å². The minimum Gasteiger partial charge on any atom is -0.445 e. The molecule has 0 radical (unpaired) electrons. The molecule has 1 aromatic heterocycles. The molecule has 0 aliphatic carbocycles. The number of aromatic amines is 1. The Hall–Kier alpha value is -4.16. The second-order valence-corrected chi connectivity index (χ2v) is 8.18. The van der Waals surface area contributed by atoms with Crippen LogP contribution in [0.5, 0.6) is 5.75 Å². The van der Waals surface area contributed by atoms with E-state index in [2.05, 4.69) is 20.1 Å². The first kappa shape index (κ1) is 22.6. The molecule has 1 saturated heterocycles. The first-order valence-corrected chi connectivity index (χ1v) is 10.4. The molecule has 1 unspecified atom stereocenters. The number of hydrogen-bond donors (Lipinski definition) is 1. The number of aromatic nitrogens is 3. The number of nitrogens with one attached hydrogen (secondary N) is 1. The molecule has 9 nitrogen and oxygen atoms in total. The third-order valence-corrected chi connectivity index (χ3v) is 5.71. The number of amides is 2. The van der Waals surface area contributed by atoms with Crippen molar-refractivity contribution in [2.45, 2.75) is 18.6 Å². The fourth-order valence-electron chi connectivity index (χ4n) is 4.04. The Morgan fingerprint density at radius 1 is 1.06 bits per heavy atom. The van der Waals surface area contributed by atoms with E-state index >= 15 is 4.39 Å². The van der Waals surface area contributed by atoms with Gasteiger partial charge in [0.2, 0.25) is 0 Å². The number of carbonyl (C=O) groups is 2. The number of fused-ring (bicyclic) bond motifs is 2. The number of likely N-dealkylation sites (tertiary alicyclic amines) is 1. The first-order valence-electron chi connectivity index (χ1n) is 10.4. The van der Waals surface area contributed by atoms with Gasteiger partial charge in [-0.25, -0.2) is 9.18 Å². The molecule has 13 heteroatoms. The summed E-state index contributed by atoms with van der Waals surface area (Å²) in [6, 6.07) is 9.63. The van der Waals surface area contributed by atoms with Crippen LogP contribution >= 0.6 is 0 Å². The normalized spacial score (nSPS) is 19.6. The second-order valence-electron chi connectivity index (χ2n) is 8.18. The van der Waals surface area contributed by atoms with Gasteiger partial charge in [-0.3, -0.25) is 4.79 Å². The van der Waals surface area contributed by atoms with Gasteiger partial charge in [0.1, 0.15) is 23.4 Å². The number of hydrogen-bond acceptors (Lipinski definition) is 6. The molecule has 2 aliphatic heterocycles. The Morgan fingerprint density at radius 2 is 1.80 bits per heavy atom. The van der Waals surface area contributed by atoms with Gasteiger partial charge < -0.3 is 19.3 Å². The Bertz CT molecular complexity index is 1320. The minimum atomic E-state index is -4.80. The summed E-state index contributed by atoms with van der Waals surface area (Å²) in [7, 11) is 0. The molecular formula is C22H17F4N5O4. The van der Waals surface area contributed by atoms with Crippen LogP contribution in [-0.2, 0) is 11.3 Å². The molecule has 2 aromatic carbocycles. The summed E-state index contributed by atoms with van der Waals surface area (Å²) in [5.41, 5.74) is 0.244. The number of carbonyl (C=O) groups excluding carboxylic acids is 2. The summed E-state index contributed by atoms with van der Waals surface area (Å²) in [6.45, 7) is -0.806. The van der Waals surface area contributed by atoms with Crippen molar-refractivity contribution in [3.8, 4) is 5.75 Å². The van der Waals surface area contributed by atoms with Crippen LogP contribution in [0, 0.1) is 0 Å². The third kappa shape index (κ3) is 4.61. The number of ether oxygens (including phenoxy) is 2. The molecule has 0 saturated carbocycles. The van der Waals surface area contributed by atoms with Crippen molar-refractivity contribution in [1.29, 1.82) is 0 Å².